The number of esters is 1. The fourth-order valence-corrected chi connectivity index (χ4v) is 2.62. The van der Waals surface area contributed by atoms with E-state index < -0.39 is 0 Å². The summed E-state index contributed by atoms with van der Waals surface area (Å²) in [5.41, 5.74) is 3.29. The van der Waals surface area contributed by atoms with Crippen molar-refractivity contribution in [3.05, 3.63) is 58.1 Å². The molecule has 0 aliphatic rings. The molecule has 0 radical (unpaired) electrons. The van der Waals surface area contributed by atoms with E-state index >= 15 is 0 Å². The number of hydrogen-bond donors (Lipinski definition) is 1. The molecular weight excluding hydrogens is 338 g/mol. The summed E-state index contributed by atoms with van der Waals surface area (Å²) in [5, 5.41) is 3.35. The number of ether oxygens (including phenoxy) is 1. The fraction of sp³-hybridized carbons (Fsp3) is 0.300. The van der Waals surface area contributed by atoms with Gasteiger partial charge in [-0.15, -0.1) is 0 Å². The lowest BCUT2D eigenvalue weighted by atomic mass is 10.0. The monoisotopic (exact) mass is 359 g/mol. The smallest absolute Gasteiger partial charge is 0.315 e. The van der Waals surface area contributed by atoms with Crippen LogP contribution in [0.5, 0.6) is 5.75 Å². The first-order valence-electron chi connectivity index (χ1n) is 8.13. The van der Waals surface area contributed by atoms with Gasteiger partial charge in [0.25, 0.3) is 0 Å². The zero-order valence-electron chi connectivity index (χ0n) is 14.9. The molecule has 0 fully saturated rings. The number of carbonyl (C=O) groups excluding carboxylic acids is 2. The SMILES string of the molecule is CC(=O)Nc1ccc(CC(=O)Oc2cc(C)c(Cl)cc2C(C)C)cc1. The van der Waals surface area contributed by atoms with Crippen molar-refractivity contribution in [2.45, 2.75) is 40.0 Å². The molecule has 1 N–H and O–H groups in total. The van der Waals surface area contributed by atoms with Crippen molar-refractivity contribution >= 4 is 29.2 Å². The van der Waals surface area contributed by atoms with E-state index in [1.807, 2.05) is 26.8 Å². The van der Waals surface area contributed by atoms with Gasteiger partial charge in [0.15, 0.2) is 0 Å². The van der Waals surface area contributed by atoms with Gasteiger partial charge in [0.05, 0.1) is 6.42 Å². The second kappa shape index (κ2) is 8.17. The highest BCUT2D eigenvalue weighted by molar-refractivity contribution is 6.31. The molecule has 0 aromatic heterocycles. The van der Waals surface area contributed by atoms with Crippen LogP contribution in [0.2, 0.25) is 5.02 Å². The Hall–Kier alpha value is -2.33. The molecule has 0 saturated carbocycles. The van der Waals surface area contributed by atoms with E-state index in [-0.39, 0.29) is 24.2 Å². The molecule has 132 valence electrons. The van der Waals surface area contributed by atoms with Gasteiger partial charge < -0.3 is 10.1 Å². The molecule has 0 aliphatic heterocycles. The number of amides is 1. The van der Waals surface area contributed by atoms with Crippen molar-refractivity contribution in [2.75, 3.05) is 5.32 Å². The second-order valence-corrected chi connectivity index (χ2v) is 6.73. The van der Waals surface area contributed by atoms with Gasteiger partial charge in [-0.3, -0.25) is 9.59 Å². The summed E-state index contributed by atoms with van der Waals surface area (Å²) in [6, 6.07) is 10.8. The normalized spacial score (nSPS) is 10.6. The van der Waals surface area contributed by atoms with Crippen LogP contribution >= 0.6 is 11.6 Å². The minimum absolute atomic E-state index is 0.133. The molecule has 1 amide bonds. The third-order valence-electron chi connectivity index (χ3n) is 3.76. The zero-order valence-corrected chi connectivity index (χ0v) is 15.6. The molecule has 2 aromatic carbocycles. The minimum atomic E-state index is -0.337. The van der Waals surface area contributed by atoms with Crippen molar-refractivity contribution in [1.29, 1.82) is 0 Å². The van der Waals surface area contributed by atoms with Crippen LogP contribution in [-0.4, -0.2) is 11.9 Å². The van der Waals surface area contributed by atoms with Crippen LogP contribution in [0.1, 0.15) is 43.4 Å². The zero-order chi connectivity index (χ0) is 18.6. The molecule has 0 bridgehead atoms. The third kappa shape index (κ3) is 5.33. The highest BCUT2D eigenvalue weighted by atomic mass is 35.5. The lowest BCUT2D eigenvalue weighted by Gasteiger charge is -2.15. The maximum Gasteiger partial charge on any atom is 0.315 e. The first-order valence-corrected chi connectivity index (χ1v) is 8.51. The number of nitrogens with one attached hydrogen (secondary N) is 1. The summed E-state index contributed by atoms with van der Waals surface area (Å²) in [4.78, 5) is 23.3. The number of halogens is 1. The number of carbonyl (C=O) groups is 2. The van der Waals surface area contributed by atoms with E-state index in [0.29, 0.717) is 16.5 Å². The van der Waals surface area contributed by atoms with Crippen LogP contribution in [0.15, 0.2) is 36.4 Å². The van der Waals surface area contributed by atoms with Crippen LogP contribution in [0.4, 0.5) is 5.69 Å². The van der Waals surface area contributed by atoms with Crippen LogP contribution in [0.3, 0.4) is 0 Å². The summed E-state index contributed by atoms with van der Waals surface area (Å²) in [6.45, 7) is 7.38. The molecule has 0 aliphatic carbocycles. The topological polar surface area (TPSA) is 55.4 Å². The van der Waals surface area contributed by atoms with Gasteiger partial charge in [0.2, 0.25) is 5.91 Å². The summed E-state index contributed by atoms with van der Waals surface area (Å²) in [5.74, 6) is 0.275. The Morgan fingerprint density at radius 1 is 1.16 bits per heavy atom. The molecule has 2 aromatic rings. The summed E-state index contributed by atoms with van der Waals surface area (Å²) in [7, 11) is 0. The van der Waals surface area contributed by atoms with E-state index in [2.05, 4.69) is 5.32 Å². The van der Waals surface area contributed by atoms with E-state index in [9.17, 15) is 9.59 Å². The molecule has 0 unspecified atom stereocenters. The molecule has 4 nitrogen and oxygen atoms in total. The van der Waals surface area contributed by atoms with E-state index in [0.717, 1.165) is 16.7 Å². The van der Waals surface area contributed by atoms with Crippen molar-refractivity contribution in [1.82, 2.24) is 0 Å². The summed E-state index contributed by atoms with van der Waals surface area (Å²) < 4.78 is 5.57. The van der Waals surface area contributed by atoms with E-state index in [1.165, 1.54) is 6.92 Å². The molecule has 5 heteroatoms. The van der Waals surface area contributed by atoms with Crippen LogP contribution in [0, 0.1) is 6.92 Å². The van der Waals surface area contributed by atoms with Crippen molar-refractivity contribution in [3.63, 3.8) is 0 Å². The number of aryl methyl sites for hydroxylation is 1. The highest BCUT2D eigenvalue weighted by Gasteiger charge is 2.15. The Bertz CT molecular complexity index is 782. The van der Waals surface area contributed by atoms with Crippen LogP contribution in [-0.2, 0) is 16.0 Å². The molecule has 0 heterocycles. The van der Waals surface area contributed by atoms with E-state index in [4.69, 9.17) is 16.3 Å². The largest absolute Gasteiger partial charge is 0.426 e. The maximum atomic E-state index is 12.3. The van der Waals surface area contributed by atoms with Crippen LogP contribution in [0.25, 0.3) is 0 Å². The maximum absolute atomic E-state index is 12.3. The van der Waals surface area contributed by atoms with Gasteiger partial charge in [-0.25, -0.2) is 0 Å². The predicted octanol–water partition coefficient (Wildman–Crippen LogP) is 4.88. The molecule has 0 saturated heterocycles. The van der Waals surface area contributed by atoms with E-state index in [1.54, 1.807) is 30.3 Å². The minimum Gasteiger partial charge on any atom is -0.426 e. The average Bonchev–Trinajstić information content (AvgIpc) is 2.51. The lowest BCUT2D eigenvalue weighted by molar-refractivity contribution is -0.133. The summed E-state index contributed by atoms with van der Waals surface area (Å²) in [6.07, 6.45) is 0.152. The van der Waals surface area contributed by atoms with Gasteiger partial charge in [0.1, 0.15) is 5.75 Å². The number of benzene rings is 2. The van der Waals surface area contributed by atoms with Gasteiger partial charge in [-0.2, -0.15) is 0 Å². The molecule has 0 spiro atoms. The highest BCUT2D eigenvalue weighted by Crippen LogP contribution is 2.32. The number of rotatable bonds is 5. The second-order valence-electron chi connectivity index (χ2n) is 6.32. The standard InChI is InChI=1S/C20H22ClNO3/c1-12(2)17-11-18(21)13(3)9-19(17)25-20(24)10-15-5-7-16(8-6-15)22-14(4)23/h5-9,11-12H,10H2,1-4H3,(H,22,23). The number of hydrogen-bond acceptors (Lipinski definition) is 3. The lowest BCUT2D eigenvalue weighted by Crippen LogP contribution is -2.13. The Kier molecular flexibility index (Phi) is 6.21. The van der Waals surface area contributed by atoms with Crippen LogP contribution < -0.4 is 10.1 Å². The van der Waals surface area contributed by atoms with Gasteiger partial charge in [-0.05, 0) is 53.8 Å². The van der Waals surface area contributed by atoms with Gasteiger partial charge in [0, 0.05) is 17.6 Å². The summed E-state index contributed by atoms with van der Waals surface area (Å²) >= 11 is 6.18. The Morgan fingerprint density at radius 2 is 1.80 bits per heavy atom. The average molecular weight is 360 g/mol. The first kappa shape index (κ1) is 19.0. The molecule has 2 rings (SSSR count). The number of anilines is 1. The predicted molar refractivity (Wildman–Crippen MR) is 100 cm³/mol. The van der Waals surface area contributed by atoms with Crippen molar-refractivity contribution in [2.24, 2.45) is 0 Å². The third-order valence-corrected chi connectivity index (χ3v) is 4.17. The van der Waals surface area contributed by atoms with Crippen molar-refractivity contribution in [3.8, 4) is 5.75 Å². The molecule has 25 heavy (non-hydrogen) atoms. The molecule has 0 atom stereocenters. The first-order chi connectivity index (χ1) is 11.8. The molecular formula is C20H22ClNO3. The van der Waals surface area contributed by atoms with Gasteiger partial charge >= 0.3 is 5.97 Å². The Morgan fingerprint density at radius 3 is 2.36 bits per heavy atom. The fourth-order valence-electron chi connectivity index (χ4n) is 2.44. The Balaban J connectivity index is 2.10. The Labute approximate surface area is 153 Å². The van der Waals surface area contributed by atoms with Gasteiger partial charge in [-0.1, -0.05) is 37.6 Å². The quantitative estimate of drug-likeness (QED) is 0.611. The van der Waals surface area contributed by atoms with Crippen molar-refractivity contribution < 1.29 is 14.3 Å².